The SMILES string of the molecule is COc1cc(OC)cc(N(CCCNCCCOS(C)(C)C(C)(C)C)c2ccc3ncc(-c4ccnc(C=O)c4)nc3c2)c1. The van der Waals surface area contributed by atoms with Crippen LogP contribution in [-0.4, -0.2) is 79.0 Å². The Labute approximate surface area is 262 Å². The predicted octanol–water partition coefficient (Wildman–Crippen LogP) is 6.82. The van der Waals surface area contributed by atoms with Crippen LogP contribution in [0.4, 0.5) is 11.4 Å². The number of aldehydes is 1. The Morgan fingerprint density at radius 1 is 0.886 bits per heavy atom. The Kier molecular flexibility index (Phi) is 11.2. The third-order valence-corrected chi connectivity index (χ3v) is 11.5. The van der Waals surface area contributed by atoms with E-state index in [1.807, 2.05) is 36.4 Å². The molecule has 0 aliphatic heterocycles. The number of rotatable bonds is 15. The average molecular weight is 620 g/mol. The van der Waals surface area contributed by atoms with Gasteiger partial charge in [0.2, 0.25) is 0 Å². The van der Waals surface area contributed by atoms with Gasteiger partial charge in [-0.25, -0.2) is 4.98 Å². The molecular weight excluding hydrogens is 574 g/mol. The highest BCUT2D eigenvalue weighted by Crippen LogP contribution is 2.53. The number of nitrogens with zero attached hydrogens (tertiary/aromatic N) is 4. The van der Waals surface area contributed by atoms with Crippen LogP contribution < -0.4 is 19.7 Å². The largest absolute Gasteiger partial charge is 0.497 e. The van der Waals surface area contributed by atoms with Crippen LogP contribution in [-0.2, 0) is 4.18 Å². The molecule has 0 amide bonds. The van der Waals surface area contributed by atoms with Gasteiger partial charge in [-0.2, -0.15) is 0 Å². The lowest BCUT2D eigenvalue weighted by molar-refractivity contribution is 0.111. The van der Waals surface area contributed by atoms with E-state index in [1.165, 1.54) is 0 Å². The van der Waals surface area contributed by atoms with Crippen LogP contribution in [0.5, 0.6) is 11.5 Å². The van der Waals surface area contributed by atoms with Gasteiger partial charge in [0.15, 0.2) is 6.29 Å². The Morgan fingerprint density at radius 3 is 2.30 bits per heavy atom. The van der Waals surface area contributed by atoms with Crippen LogP contribution in [0.15, 0.2) is 60.9 Å². The maximum Gasteiger partial charge on any atom is 0.168 e. The van der Waals surface area contributed by atoms with Crippen LogP contribution >= 0.6 is 10.3 Å². The lowest BCUT2D eigenvalue weighted by atomic mass is 10.1. The highest BCUT2D eigenvalue weighted by atomic mass is 32.3. The molecule has 1 N–H and O–H groups in total. The quantitative estimate of drug-likeness (QED) is 0.113. The summed E-state index contributed by atoms with van der Waals surface area (Å²) >= 11 is 0. The van der Waals surface area contributed by atoms with E-state index in [1.54, 1.807) is 32.7 Å². The first kappa shape index (κ1) is 33.2. The van der Waals surface area contributed by atoms with Crippen molar-refractivity contribution in [1.29, 1.82) is 0 Å². The van der Waals surface area contributed by atoms with E-state index in [-0.39, 0.29) is 4.75 Å². The smallest absolute Gasteiger partial charge is 0.168 e. The van der Waals surface area contributed by atoms with Crippen LogP contribution in [0.1, 0.15) is 44.1 Å². The van der Waals surface area contributed by atoms with Gasteiger partial charge >= 0.3 is 0 Å². The number of methoxy groups -OCH3 is 2. The van der Waals surface area contributed by atoms with Gasteiger partial charge in [-0.05, 0) is 68.8 Å². The molecule has 2 aromatic carbocycles. The fourth-order valence-electron chi connectivity index (χ4n) is 4.46. The standard InChI is InChI=1S/C34H45N5O4S/c1-34(2,3)44(6,7)43-17-9-14-35-13-8-16-39(28-19-29(41-4)22-30(20-28)42-5)27-10-11-31-32(21-27)38-33(23-37-31)25-12-15-36-26(18-25)24-40/h10-12,15,18-24,35H,8-9,13-14,16-17H2,1-7H3. The van der Waals surface area contributed by atoms with E-state index in [0.717, 1.165) is 73.3 Å². The van der Waals surface area contributed by atoms with Crippen molar-refractivity contribution in [1.82, 2.24) is 20.3 Å². The molecule has 0 bridgehead atoms. The Balaban J connectivity index is 1.51. The molecule has 0 radical (unpaired) electrons. The summed E-state index contributed by atoms with van der Waals surface area (Å²) in [4.78, 5) is 27.1. The van der Waals surface area contributed by atoms with Crippen LogP contribution in [0.3, 0.4) is 0 Å². The molecule has 10 heteroatoms. The number of pyridine rings is 1. The Morgan fingerprint density at radius 2 is 1.61 bits per heavy atom. The summed E-state index contributed by atoms with van der Waals surface area (Å²) in [5, 5.41) is 3.58. The van der Waals surface area contributed by atoms with Crippen LogP contribution in [0.25, 0.3) is 22.3 Å². The van der Waals surface area contributed by atoms with E-state index in [0.29, 0.717) is 22.9 Å². The van der Waals surface area contributed by atoms with Crippen molar-refractivity contribution in [3.05, 3.63) is 66.6 Å². The highest BCUT2D eigenvalue weighted by molar-refractivity contribution is 8.29. The normalized spacial score (nSPS) is 12.2. The summed E-state index contributed by atoms with van der Waals surface area (Å²) in [6.45, 7) is 10.0. The maximum atomic E-state index is 11.3. The third-order valence-electron chi connectivity index (χ3n) is 7.77. The molecule has 0 spiro atoms. The van der Waals surface area contributed by atoms with Crippen molar-refractivity contribution in [2.24, 2.45) is 0 Å². The summed E-state index contributed by atoms with van der Waals surface area (Å²) in [5.74, 6) is 1.43. The lowest BCUT2D eigenvalue weighted by Gasteiger charge is -2.43. The van der Waals surface area contributed by atoms with Gasteiger partial charge in [-0.1, -0.05) is 20.8 Å². The summed E-state index contributed by atoms with van der Waals surface area (Å²) in [6, 6.07) is 15.5. The fourth-order valence-corrected chi connectivity index (χ4v) is 5.35. The second-order valence-corrected chi connectivity index (χ2v) is 15.8. The number of fused-ring (bicyclic) bond motifs is 1. The number of carbonyl (C=O) groups is 1. The lowest BCUT2D eigenvalue weighted by Crippen LogP contribution is -2.27. The second kappa shape index (κ2) is 14.8. The molecule has 0 aliphatic rings. The Hall–Kier alpha value is -3.73. The first-order chi connectivity index (χ1) is 21.0. The zero-order chi connectivity index (χ0) is 31.7. The molecule has 2 aromatic heterocycles. The molecule has 44 heavy (non-hydrogen) atoms. The number of hydrogen-bond donors (Lipinski definition) is 1. The number of anilines is 2. The first-order valence-electron chi connectivity index (χ1n) is 14.8. The second-order valence-electron chi connectivity index (χ2n) is 11.9. The van der Waals surface area contributed by atoms with E-state index in [4.69, 9.17) is 18.6 Å². The van der Waals surface area contributed by atoms with Gasteiger partial charge in [0.1, 0.15) is 17.2 Å². The van der Waals surface area contributed by atoms with Gasteiger partial charge in [0, 0.05) is 52.6 Å². The average Bonchev–Trinajstić information content (AvgIpc) is 3.02. The van der Waals surface area contributed by atoms with E-state index in [9.17, 15) is 4.79 Å². The minimum absolute atomic E-state index is 0.168. The van der Waals surface area contributed by atoms with Gasteiger partial charge in [-0.3, -0.25) is 14.8 Å². The van der Waals surface area contributed by atoms with Gasteiger partial charge in [-0.15, -0.1) is 10.3 Å². The van der Waals surface area contributed by atoms with Crippen LogP contribution in [0, 0.1) is 0 Å². The molecule has 2 heterocycles. The Bertz CT molecular complexity index is 1530. The zero-order valence-electron chi connectivity index (χ0n) is 26.9. The van der Waals surface area contributed by atoms with E-state index >= 15 is 0 Å². The topological polar surface area (TPSA) is 98.7 Å². The van der Waals surface area contributed by atoms with Crippen molar-refractivity contribution in [3.8, 4) is 22.8 Å². The number of benzene rings is 2. The molecule has 0 fully saturated rings. The van der Waals surface area contributed by atoms with E-state index in [2.05, 4.69) is 59.5 Å². The van der Waals surface area contributed by atoms with Gasteiger partial charge in [0.25, 0.3) is 0 Å². The highest BCUT2D eigenvalue weighted by Gasteiger charge is 2.28. The number of ether oxygens (including phenoxy) is 2. The van der Waals surface area contributed by atoms with Crippen molar-refractivity contribution in [2.45, 2.75) is 38.4 Å². The minimum Gasteiger partial charge on any atom is -0.497 e. The van der Waals surface area contributed by atoms with Crippen molar-refractivity contribution < 1.29 is 18.5 Å². The number of nitrogens with one attached hydrogen (secondary N) is 1. The number of hydrogen-bond acceptors (Lipinski definition) is 9. The number of aromatic nitrogens is 3. The molecule has 4 rings (SSSR count). The molecule has 4 aromatic rings. The number of carbonyl (C=O) groups excluding carboxylic acids is 1. The maximum absolute atomic E-state index is 11.3. The minimum atomic E-state index is -1.10. The summed E-state index contributed by atoms with van der Waals surface area (Å²) < 4.78 is 17.6. The van der Waals surface area contributed by atoms with Gasteiger partial charge < -0.3 is 23.9 Å². The molecule has 0 saturated carbocycles. The van der Waals surface area contributed by atoms with Crippen molar-refractivity contribution >= 4 is 39.0 Å². The fraction of sp³-hybridized carbons (Fsp3) is 0.412. The molecule has 0 atom stereocenters. The molecule has 0 aliphatic carbocycles. The zero-order valence-corrected chi connectivity index (χ0v) is 27.7. The monoisotopic (exact) mass is 619 g/mol. The third kappa shape index (κ3) is 8.46. The molecule has 0 unspecified atom stereocenters. The predicted molar refractivity (Wildman–Crippen MR) is 182 cm³/mol. The van der Waals surface area contributed by atoms with Crippen molar-refractivity contribution in [3.63, 3.8) is 0 Å². The summed E-state index contributed by atoms with van der Waals surface area (Å²) in [5.41, 5.74) is 5.28. The molecule has 9 nitrogen and oxygen atoms in total. The summed E-state index contributed by atoms with van der Waals surface area (Å²) in [7, 11) is 2.21. The first-order valence-corrected chi connectivity index (χ1v) is 17.2. The van der Waals surface area contributed by atoms with E-state index < -0.39 is 10.3 Å². The molecule has 236 valence electrons. The molecular formula is C34H45N5O4S. The van der Waals surface area contributed by atoms with Crippen LogP contribution in [0.2, 0.25) is 0 Å². The summed E-state index contributed by atoms with van der Waals surface area (Å²) in [6.07, 6.45) is 10.4. The van der Waals surface area contributed by atoms with Gasteiger partial charge in [0.05, 0.1) is 43.8 Å². The molecule has 0 saturated heterocycles. The van der Waals surface area contributed by atoms with Crippen molar-refractivity contribution in [2.75, 3.05) is 57.9 Å².